The summed E-state index contributed by atoms with van der Waals surface area (Å²) in [4.78, 5) is 25.8. The molecular weight excluding hydrogens is 328 g/mol. The van der Waals surface area contributed by atoms with Crippen LogP contribution in [0.1, 0.15) is 25.8 Å². The molecule has 0 fully saturated rings. The summed E-state index contributed by atoms with van der Waals surface area (Å²) in [5.74, 6) is 0.463. The SMILES string of the molecule is CCOc1ccccc1N(CCC(=O)NCCc1ccccc1)C(C)=O. The smallest absolute Gasteiger partial charge is 0.223 e. The highest BCUT2D eigenvalue weighted by Crippen LogP contribution is 2.28. The first-order valence-corrected chi connectivity index (χ1v) is 8.92. The molecule has 0 bridgehead atoms. The molecule has 5 nitrogen and oxygen atoms in total. The Kier molecular flexibility index (Phi) is 7.68. The van der Waals surface area contributed by atoms with Gasteiger partial charge in [-0.25, -0.2) is 0 Å². The van der Waals surface area contributed by atoms with E-state index in [-0.39, 0.29) is 18.2 Å². The Labute approximate surface area is 155 Å². The van der Waals surface area contributed by atoms with Crippen LogP contribution in [0.5, 0.6) is 5.75 Å². The van der Waals surface area contributed by atoms with Gasteiger partial charge in [0.2, 0.25) is 11.8 Å². The van der Waals surface area contributed by atoms with E-state index in [1.165, 1.54) is 12.5 Å². The van der Waals surface area contributed by atoms with Crippen LogP contribution in [0.4, 0.5) is 5.69 Å². The van der Waals surface area contributed by atoms with Gasteiger partial charge in [-0.2, -0.15) is 0 Å². The molecule has 0 unspecified atom stereocenters. The summed E-state index contributed by atoms with van der Waals surface area (Å²) in [5.41, 5.74) is 1.88. The molecule has 0 saturated carbocycles. The van der Waals surface area contributed by atoms with E-state index >= 15 is 0 Å². The first-order valence-electron chi connectivity index (χ1n) is 8.92. The zero-order valence-corrected chi connectivity index (χ0v) is 15.4. The van der Waals surface area contributed by atoms with Crippen LogP contribution in [-0.4, -0.2) is 31.5 Å². The van der Waals surface area contributed by atoms with Gasteiger partial charge in [-0.3, -0.25) is 9.59 Å². The highest BCUT2D eigenvalue weighted by molar-refractivity contribution is 5.93. The average molecular weight is 354 g/mol. The minimum absolute atomic E-state index is 0.0685. The van der Waals surface area contributed by atoms with Gasteiger partial charge >= 0.3 is 0 Å². The standard InChI is InChI=1S/C21H26N2O3/c1-3-26-20-12-8-7-11-19(20)23(17(2)24)16-14-21(25)22-15-13-18-9-5-4-6-10-18/h4-12H,3,13-16H2,1-2H3,(H,22,25). The third-order valence-electron chi connectivity index (χ3n) is 3.98. The number of anilines is 1. The first kappa shape index (κ1) is 19.5. The Morgan fingerprint density at radius 1 is 1.04 bits per heavy atom. The van der Waals surface area contributed by atoms with Gasteiger partial charge in [-0.1, -0.05) is 42.5 Å². The summed E-state index contributed by atoms with van der Waals surface area (Å²) in [6.45, 7) is 4.81. The second-order valence-corrected chi connectivity index (χ2v) is 5.91. The molecule has 0 aliphatic carbocycles. The van der Waals surface area contributed by atoms with Crippen LogP contribution in [0.2, 0.25) is 0 Å². The molecule has 0 aliphatic rings. The van der Waals surface area contributed by atoms with Crippen molar-refractivity contribution in [2.24, 2.45) is 0 Å². The van der Waals surface area contributed by atoms with Crippen LogP contribution in [0.3, 0.4) is 0 Å². The zero-order chi connectivity index (χ0) is 18.8. The number of hydrogen-bond acceptors (Lipinski definition) is 3. The van der Waals surface area contributed by atoms with Gasteiger partial charge in [0.1, 0.15) is 5.75 Å². The van der Waals surface area contributed by atoms with E-state index < -0.39 is 0 Å². The van der Waals surface area contributed by atoms with Crippen molar-refractivity contribution < 1.29 is 14.3 Å². The van der Waals surface area contributed by atoms with Crippen molar-refractivity contribution >= 4 is 17.5 Å². The minimum atomic E-state index is -0.116. The van der Waals surface area contributed by atoms with Crippen LogP contribution in [0, 0.1) is 0 Å². The molecule has 5 heteroatoms. The number of amides is 2. The van der Waals surface area contributed by atoms with Gasteiger partial charge < -0.3 is 15.0 Å². The monoisotopic (exact) mass is 354 g/mol. The Morgan fingerprint density at radius 2 is 1.73 bits per heavy atom. The third kappa shape index (κ3) is 5.92. The highest BCUT2D eigenvalue weighted by Gasteiger charge is 2.17. The molecule has 1 N–H and O–H groups in total. The second-order valence-electron chi connectivity index (χ2n) is 5.91. The van der Waals surface area contributed by atoms with E-state index in [1.807, 2.05) is 61.5 Å². The molecule has 0 saturated heterocycles. The maximum Gasteiger partial charge on any atom is 0.223 e. The number of carbonyl (C=O) groups excluding carboxylic acids is 2. The number of para-hydroxylation sites is 2. The summed E-state index contributed by atoms with van der Waals surface area (Å²) in [5, 5.41) is 2.91. The molecule has 2 aromatic carbocycles. The lowest BCUT2D eigenvalue weighted by Crippen LogP contribution is -2.34. The van der Waals surface area contributed by atoms with Gasteiger partial charge in [0.15, 0.2) is 0 Å². The lowest BCUT2D eigenvalue weighted by molar-refractivity contribution is -0.121. The van der Waals surface area contributed by atoms with Crippen molar-refractivity contribution in [1.29, 1.82) is 0 Å². The number of nitrogens with one attached hydrogen (secondary N) is 1. The fourth-order valence-electron chi connectivity index (χ4n) is 2.70. The zero-order valence-electron chi connectivity index (χ0n) is 15.4. The minimum Gasteiger partial charge on any atom is -0.492 e. The molecule has 0 spiro atoms. The molecule has 0 atom stereocenters. The number of hydrogen-bond donors (Lipinski definition) is 1. The molecule has 0 radical (unpaired) electrons. The summed E-state index contributed by atoms with van der Waals surface area (Å²) < 4.78 is 5.59. The van der Waals surface area contributed by atoms with Crippen molar-refractivity contribution in [3.8, 4) is 5.75 Å². The van der Waals surface area contributed by atoms with Crippen LogP contribution in [-0.2, 0) is 16.0 Å². The van der Waals surface area contributed by atoms with Crippen molar-refractivity contribution in [3.63, 3.8) is 0 Å². The predicted molar refractivity (Wildman–Crippen MR) is 103 cm³/mol. The highest BCUT2D eigenvalue weighted by atomic mass is 16.5. The topological polar surface area (TPSA) is 58.6 Å². The van der Waals surface area contributed by atoms with E-state index in [2.05, 4.69) is 5.32 Å². The fourth-order valence-corrected chi connectivity index (χ4v) is 2.70. The fraction of sp³-hybridized carbons (Fsp3) is 0.333. The largest absolute Gasteiger partial charge is 0.492 e. The number of rotatable bonds is 9. The van der Waals surface area contributed by atoms with Crippen molar-refractivity contribution in [1.82, 2.24) is 5.32 Å². The molecule has 2 amide bonds. The summed E-state index contributed by atoms with van der Waals surface area (Å²) >= 11 is 0. The third-order valence-corrected chi connectivity index (χ3v) is 3.98. The molecule has 0 aromatic heterocycles. The quantitative estimate of drug-likeness (QED) is 0.752. The molecule has 2 aromatic rings. The first-order chi connectivity index (χ1) is 12.6. The van der Waals surface area contributed by atoms with Crippen molar-refractivity contribution in [2.45, 2.75) is 26.7 Å². The van der Waals surface area contributed by atoms with E-state index in [9.17, 15) is 9.59 Å². The second kappa shape index (κ2) is 10.2. The Hall–Kier alpha value is -2.82. The van der Waals surface area contributed by atoms with Crippen LogP contribution in [0.15, 0.2) is 54.6 Å². The van der Waals surface area contributed by atoms with E-state index in [4.69, 9.17) is 4.74 Å². The molecule has 26 heavy (non-hydrogen) atoms. The number of ether oxygens (including phenoxy) is 1. The summed E-state index contributed by atoms with van der Waals surface area (Å²) in [6.07, 6.45) is 1.03. The van der Waals surface area contributed by atoms with Crippen LogP contribution >= 0.6 is 0 Å². The molecule has 138 valence electrons. The lowest BCUT2D eigenvalue weighted by atomic mass is 10.1. The maximum atomic E-state index is 12.1. The van der Waals surface area contributed by atoms with Gasteiger partial charge in [-0.15, -0.1) is 0 Å². The van der Waals surface area contributed by atoms with Gasteiger partial charge in [-0.05, 0) is 31.0 Å². The predicted octanol–water partition coefficient (Wildman–Crippen LogP) is 3.19. The van der Waals surface area contributed by atoms with Crippen molar-refractivity contribution in [2.75, 3.05) is 24.6 Å². The number of carbonyl (C=O) groups is 2. The number of nitrogens with zero attached hydrogens (tertiary/aromatic N) is 1. The average Bonchev–Trinajstić information content (AvgIpc) is 2.64. The van der Waals surface area contributed by atoms with Crippen LogP contribution in [0.25, 0.3) is 0 Å². The van der Waals surface area contributed by atoms with Gasteiger partial charge in [0, 0.05) is 26.4 Å². The Bertz CT molecular complexity index is 716. The molecule has 2 rings (SSSR count). The van der Waals surface area contributed by atoms with Gasteiger partial charge in [0.05, 0.1) is 12.3 Å². The molecule has 0 aliphatic heterocycles. The van der Waals surface area contributed by atoms with E-state index in [1.54, 1.807) is 4.90 Å². The van der Waals surface area contributed by atoms with Gasteiger partial charge in [0.25, 0.3) is 0 Å². The Balaban J connectivity index is 1.88. The normalized spacial score (nSPS) is 10.2. The number of benzene rings is 2. The van der Waals surface area contributed by atoms with Crippen LogP contribution < -0.4 is 15.0 Å². The summed E-state index contributed by atoms with van der Waals surface area (Å²) in [6, 6.07) is 17.4. The molecular formula is C21H26N2O3. The molecule has 0 heterocycles. The Morgan fingerprint density at radius 3 is 2.42 bits per heavy atom. The summed E-state index contributed by atoms with van der Waals surface area (Å²) in [7, 11) is 0. The van der Waals surface area contributed by atoms with E-state index in [0.29, 0.717) is 31.1 Å². The maximum absolute atomic E-state index is 12.1. The lowest BCUT2D eigenvalue weighted by Gasteiger charge is -2.23. The van der Waals surface area contributed by atoms with Crippen molar-refractivity contribution in [3.05, 3.63) is 60.2 Å². The van der Waals surface area contributed by atoms with E-state index in [0.717, 1.165) is 6.42 Å².